The van der Waals surface area contributed by atoms with Gasteiger partial charge in [-0.2, -0.15) is 0 Å². The van der Waals surface area contributed by atoms with E-state index >= 15 is 0 Å². The highest BCUT2D eigenvalue weighted by molar-refractivity contribution is 7.89. The summed E-state index contributed by atoms with van der Waals surface area (Å²) in [6, 6.07) is 16.3. The Bertz CT molecular complexity index is 1420. The lowest BCUT2D eigenvalue weighted by atomic mass is 10.0. The summed E-state index contributed by atoms with van der Waals surface area (Å²) >= 11 is 11.8. The van der Waals surface area contributed by atoms with Gasteiger partial charge < -0.3 is 19.7 Å². The van der Waals surface area contributed by atoms with Crippen molar-refractivity contribution in [3.63, 3.8) is 0 Å². The largest absolute Gasteiger partial charge is 0.454 e. The molecule has 0 aliphatic carbocycles. The van der Waals surface area contributed by atoms with E-state index in [4.69, 9.17) is 32.7 Å². The van der Waals surface area contributed by atoms with Crippen molar-refractivity contribution in [1.82, 2.24) is 10.0 Å². The van der Waals surface area contributed by atoms with Gasteiger partial charge in [0.2, 0.25) is 22.7 Å². The van der Waals surface area contributed by atoms with Crippen LogP contribution >= 0.6 is 23.2 Å². The molecule has 0 aromatic heterocycles. The first-order valence-corrected chi connectivity index (χ1v) is 13.5. The summed E-state index contributed by atoms with van der Waals surface area (Å²) in [7, 11) is -2.55. The van der Waals surface area contributed by atoms with Crippen molar-refractivity contribution in [2.45, 2.75) is 18.2 Å². The van der Waals surface area contributed by atoms with E-state index in [0.717, 1.165) is 5.56 Å². The van der Waals surface area contributed by atoms with Gasteiger partial charge in [0.1, 0.15) is 6.04 Å². The van der Waals surface area contributed by atoms with Gasteiger partial charge in [0.05, 0.1) is 15.8 Å². The van der Waals surface area contributed by atoms with Crippen LogP contribution in [0.3, 0.4) is 0 Å². The fourth-order valence-electron chi connectivity index (χ4n) is 3.72. The number of sulfonamides is 1. The normalized spacial score (nSPS) is 13.1. The molecule has 0 saturated carbocycles. The Balaban J connectivity index is 1.49. The summed E-state index contributed by atoms with van der Waals surface area (Å²) < 4.78 is 37.9. The Morgan fingerprint density at radius 2 is 1.68 bits per heavy atom. The molecule has 1 aliphatic heterocycles. The maximum atomic E-state index is 13.4. The van der Waals surface area contributed by atoms with Crippen LogP contribution in [0.4, 0.5) is 10.5 Å². The van der Waals surface area contributed by atoms with Gasteiger partial charge in [-0.25, -0.2) is 17.9 Å². The fourth-order valence-corrected chi connectivity index (χ4v) is 5.07. The van der Waals surface area contributed by atoms with Gasteiger partial charge >= 0.3 is 6.03 Å². The third-order valence-electron chi connectivity index (χ3n) is 5.55. The predicted octanol–water partition coefficient (Wildman–Crippen LogP) is 4.13. The molecule has 1 heterocycles. The van der Waals surface area contributed by atoms with Crippen LogP contribution in [-0.4, -0.2) is 40.2 Å². The van der Waals surface area contributed by atoms with E-state index in [-0.39, 0.29) is 23.3 Å². The quantitative estimate of drug-likeness (QED) is 0.426. The molecule has 3 aromatic carbocycles. The lowest BCUT2D eigenvalue weighted by Crippen LogP contribution is -2.52. The van der Waals surface area contributed by atoms with Crippen molar-refractivity contribution in [2.24, 2.45) is 0 Å². The van der Waals surface area contributed by atoms with Gasteiger partial charge in [-0.15, -0.1) is 0 Å². The monoisotopic (exact) mass is 563 g/mol. The third kappa shape index (κ3) is 6.85. The van der Waals surface area contributed by atoms with E-state index in [0.29, 0.717) is 22.7 Å². The Morgan fingerprint density at radius 3 is 2.41 bits per heavy atom. The van der Waals surface area contributed by atoms with Crippen molar-refractivity contribution < 1.29 is 27.5 Å². The second kappa shape index (κ2) is 11.3. The number of benzene rings is 3. The van der Waals surface area contributed by atoms with Crippen LogP contribution in [0.25, 0.3) is 0 Å². The van der Waals surface area contributed by atoms with Crippen molar-refractivity contribution in [1.29, 1.82) is 0 Å². The van der Waals surface area contributed by atoms with Gasteiger partial charge in [-0.3, -0.25) is 4.79 Å². The molecule has 3 amide bonds. The van der Waals surface area contributed by atoms with Crippen LogP contribution in [0.1, 0.15) is 11.1 Å². The zero-order valence-corrected chi connectivity index (χ0v) is 21.9. The number of rotatable bonds is 8. The number of nitrogens with one attached hydrogen (secondary N) is 2. The molecule has 12 heteroatoms. The van der Waals surface area contributed by atoms with Crippen molar-refractivity contribution in [3.8, 4) is 11.5 Å². The van der Waals surface area contributed by atoms with Crippen LogP contribution < -0.4 is 24.4 Å². The van der Waals surface area contributed by atoms with Gasteiger partial charge in [-0.05, 0) is 35.4 Å². The van der Waals surface area contributed by atoms with E-state index in [9.17, 15) is 18.0 Å². The highest BCUT2D eigenvalue weighted by Gasteiger charge is 2.28. The first kappa shape index (κ1) is 26.6. The Labute approximate surface area is 224 Å². The third-order valence-corrected chi connectivity index (χ3v) is 7.50. The smallest absolute Gasteiger partial charge is 0.329 e. The van der Waals surface area contributed by atoms with Gasteiger partial charge in [0, 0.05) is 25.2 Å². The number of carbonyl (C=O) groups is 2. The van der Waals surface area contributed by atoms with Crippen LogP contribution in [0, 0.1) is 0 Å². The average Bonchev–Trinajstić information content (AvgIpc) is 3.33. The molecule has 0 radical (unpaired) electrons. The first-order chi connectivity index (χ1) is 17.6. The van der Waals surface area contributed by atoms with Crippen molar-refractivity contribution in [3.05, 3.63) is 87.9 Å². The van der Waals surface area contributed by atoms with Gasteiger partial charge in [-0.1, -0.05) is 59.6 Å². The van der Waals surface area contributed by atoms with E-state index in [2.05, 4.69) is 5.32 Å². The fraction of sp³-hybridized carbons (Fsp3) is 0.200. The number of hydrogen-bond donors (Lipinski definition) is 2. The van der Waals surface area contributed by atoms with E-state index in [1.165, 1.54) is 23.1 Å². The van der Waals surface area contributed by atoms with Crippen LogP contribution in [0.5, 0.6) is 11.5 Å². The summed E-state index contributed by atoms with van der Waals surface area (Å²) in [4.78, 5) is 27.5. The number of fused-ring (bicyclic) bond motifs is 1. The SMILES string of the molecule is CN(C(=O)[C@H](Cc1ccccc1)NC(=O)NS(=O)(=O)Cc1ccc(Cl)c(Cl)c1)c1ccc2c(c1)OCO2. The van der Waals surface area contributed by atoms with Crippen molar-refractivity contribution >= 4 is 50.9 Å². The second-order valence-electron chi connectivity index (χ2n) is 8.26. The Kier molecular flexibility index (Phi) is 8.11. The molecule has 0 spiro atoms. The molecule has 1 atom stereocenters. The minimum Gasteiger partial charge on any atom is -0.454 e. The number of ether oxygens (including phenoxy) is 2. The summed E-state index contributed by atoms with van der Waals surface area (Å²) in [6.07, 6.45) is 0.134. The predicted molar refractivity (Wildman–Crippen MR) is 141 cm³/mol. The van der Waals surface area contributed by atoms with Gasteiger partial charge in [0.15, 0.2) is 11.5 Å². The Hall–Kier alpha value is -3.47. The minimum atomic E-state index is -4.11. The molecule has 1 aliphatic rings. The number of carbonyl (C=O) groups excluding carboxylic acids is 2. The summed E-state index contributed by atoms with van der Waals surface area (Å²) in [6.45, 7) is 0.0888. The maximum Gasteiger partial charge on any atom is 0.329 e. The standard InChI is InChI=1S/C25H23Cl2N3O6S/c1-30(18-8-10-22-23(13-18)36-15-35-22)24(31)21(12-16-5-3-2-4-6-16)28-25(32)29-37(33,34)14-17-7-9-19(26)20(27)11-17/h2-11,13,21H,12,14-15H2,1H3,(H2,28,29,32)/t21-/m0/s1. The summed E-state index contributed by atoms with van der Waals surface area (Å²) in [5, 5.41) is 2.98. The molecule has 3 aromatic rings. The van der Waals surface area contributed by atoms with E-state index < -0.39 is 33.8 Å². The summed E-state index contributed by atoms with van der Waals surface area (Å²) in [5.41, 5.74) is 1.63. The molecule has 0 unspecified atom stereocenters. The lowest BCUT2D eigenvalue weighted by molar-refractivity contribution is -0.120. The molecular formula is C25H23Cl2N3O6S. The number of likely N-dealkylation sites (N-methyl/N-ethyl adjacent to an activating group) is 1. The van der Waals surface area contributed by atoms with Crippen molar-refractivity contribution in [2.75, 3.05) is 18.7 Å². The molecule has 0 bridgehead atoms. The maximum absolute atomic E-state index is 13.4. The topological polar surface area (TPSA) is 114 Å². The number of hydrogen-bond acceptors (Lipinski definition) is 6. The molecule has 194 valence electrons. The first-order valence-electron chi connectivity index (χ1n) is 11.1. The minimum absolute atomic E-state index is 0.0888. The number of anilines is 1. The Morgan fingerprint density at radius 1 is 0.946 bits per heavy atom. The second-order valence-corrected chi connectivity index (χ2v) is 10.8. The molecule has 0 saturated heterocycles. The number of nitrogens with zero attached hydrogens (tertiary/aromatic N) is 1. The van der Waals surface area contributed by atoms with E-state index in [1.807, 2.05) is 22.9 Å². The van der Waals surface area contributed by atoms with Crippen LogP contribution in [-0.2, 0) is 27.0 Å². The summed E-state index contributed by atoms with van der Waals surface area (Å²) in [5.74, 6) is 0.0943. The van der Waals surface area contributed by atoms with Crippen LogP contribution in [0.2, 0.25) is 10.0 Å². The number of urea groups is 1. The highest BCUT2D eigenvalue weighted by Crippen LogP contribution is 2.35. The van der Waals surface area contributed by atoms with Gasteiger partial charge in [0.25, 0.3) is 0 Å². The highest BCUT2D eigenvalue weighted by atomic mass is 35.5. The number of halogens is 2. The molecule has 2 N–H and O–H groups in total. The zero-order valence-electron chi connectivity index (χ0n) is 19.6. The molecule has 9 nitrogen and oxygen atoms in total. The van der Waals surface area contributed by atoms with Crippen LogP contribution in [0.15, 0.2) is 66.7 Å². The molecular weight excluding hydrogens is 541 g/mol. The molecule has 4 rings (SSSR count). The van der Waals surface area contributed by atoms with E-state index in [1.54, 1.807) is 37.4 Å². The number of amides is 3. The average molecular weight is 564 g/mol. The molecule has 0 fully saturated rings. The zero-order chi connectivity index (χ0) is 26.6. The lowest BCUT2D eigenvalue weighted by Gasteiger charge is -2.25. The molecule has 37 heavy (non-hydrogen) atoms.